The number of hydrogen-bond acceptors (Lipinski definition) is 5. The lowest BCUT2D eigenvalue weighted by Gasteiger charge is -2.37. The van der Waals surface area contributed by atoms with E-state index in [9.17, 15) is 4.79 Å². The van der Waals surface area contributed by atoms with Crippen molar-refractivity contribution in [2.75, 3.05) is 6.61 Å². The van der Waals surface area contributed by atoms with Crippen LogP contribution in [0.25, 0.3) is 0 Å². The minimum Gasteiger partial charge on any atom is -0.368 e. The van der Waals surface area contributed by atoms with E-state index in [2.05, 4.69) is 36.2 Å². The molecule has 2 saturated carbocycles. The van der Waals surface area contributed by atoms with Gasteiger partial charge in [-0.25, -0.2) is 0 Å². The maximum atomic E-state index is 12.3. The molecule has 0 saturated heterocycles. The number of nitrogens with zero attached hydrogens (tertiary/aromatic N) is 2. The van der Waals surface area contributed by atoms with Gasteiger partial charge in [-0.15, -0.1) is 0 Å². The summed E-state index contributed by atoms with van der Waals surface area (Å²) in [5.74, 6) is 2.29. The summed E-state index contributed by atoms with van der Waals surface area (Å²) in [6, 6.07) is 0. The molecule has 3 rings (SSSR count). The molecule has 1 aromatic heterocycles. The van der Waals surface area contributed by atoms with Crippen molar-refractivity contribution in [1.82, 2.24) is 15.5 Å². The third-order valence-corrected chi connectivity index (χ3v) is 5.31. The van der Waals surface area contributed by atoms with E-state index in [0.717, 1.165) is 19.3 Å². The van der Waals surface area contributed by atoms with Gasteiger partial charge in [-0.1, -0.05) is 32.3 Å². The first-order valence-electron chi connectivity index (χ1n) is 8.69. The van der Waals surface area contributed by atoms with Gasteiger partial charge in [0.25, 0.3) is 0 Å². The highest BCUT2D eigenvalue weighted by molar-refractivity contribution is 5.78. The fourth-order valence-electron chi connectivity index (χ4n) is 3.70. The van der Waals surface area contributed by atoms with Gasteiger partial charge >= 0.3 is 0 Å². The molecule has 3 unspecified atom stereocenters. The van der Waals surface area contributed by atoms with Gasteiger partial charge < -0.3 is 14.6 Å². The standard InChI is InChI=1S/C17H27N3O3/c1-11(2)13-5-4-12(3)8-14(13)22-9-15(21)19-17(6-7-17)16-18-10-23-20-16/h10-14H,4-9H2,1-3H3,(H,19,21). The molecule has 6 heteroatoms. The van der Waals surface area contributed by atoms with Crippen LogP contribution < -0.4 is 5.32 Å². The van der Waals surface area contributed by atoms with E-state index in [4.69, 9.17) is 9.26 Å². The monoisotopic (exact) mass is 321 g/mol. The number of carbonyl (C=O) groups is 1. The maximum absolute atomic E-state index is 12.3. The van der Waals surface area contributed by atoms with E-state index in [1.807, 2.05) is 0 Å². The molecule has 0 aromatic carbocycles. The average Bonchev–Trinajstić information content (AvgIpc) is 3.07. The van der Waals surface area contributed by atoms with Crippen LogP contribution in [0.3, 0.4) is 0 Å². The van der Waals surface area contributed by atoms with E-state index in [1.54, 1.807) is 0 Å². The van der Waals surface area contributed by atoms with E-state index < -0.39 is 5.54 Å². The average molecular weight is 321 g/mol. The third-order valence-electron chi connectivity index (χ3n) is 5.31. The van der Waals surface area contributed by atoms with Crippen LogP contribution >= 0.6 is 0 Å². The molecule has 1 amide bonds. The van der Waals surface area contributed by atoms with Gasteiger partial charge in [0.1, 0.15) is 12.1 Å². The van der Waals surface area contributed by atoms with Crippen LogP contribution in [0.2, 0.25) is 0 Å². The van der Waals surface area contributed by atoms with Crippen molar-refractivity contribution >= 4 is 5.91 Å². The van der Waals surface area contributed by atoms with Gasteiger partial charge in [-0.05, 0) is 43.4 Å². The number of carbonyl (C=O) groups excluding carboxylic acids is 1. The Kier molecular flexibility index (Phi) is 4.71. The normalized spacial score (nSPS) is 29.5. The Morgan fingerprint density at radius 1 is 1.48 bits per heavy atom. The molecule has 128 valence electrons. The van der Waals surface area contributed by atoms with Crippen molar-refractivity contribution < 1.29 is 14.1 Å². The van der Waals surface area contributed by atoms with Crippen LogP contribution in [0.15, 0.2) is 10.9 Å². The summed E-state index contributed by atoms with van der Waals surface area (Å²) in [4.78, 5) is 16.3. The van der Waals surface area contributed by atoms with Crippen LogP contribution in [0.5, 0.6) is 0 Å². The SMILES string of the molecule is CC1CCC(C(C)C)C(OCC(=O)NC2(c3ncon3)CC2)C1. The van der Waals surface area contributed by atoms with Gasteiger partial charge in [0.05, 0.1) is 6.10 Å². The molecule has 1 heterocycles. The maximum Gasteiger partial charge on any atom is 0.246 e. The van der Waals surface area contributed by atoms with E-state index in [0.29, 0.717) is 23.6 Å². The first-order chi connectivity index (χ1) is 11.0. The van der Waals surface area contributed by atoms with Crippen molar-refractivity contribution in [1.29, 1.82) is 0 Å². The quantitative estimate of drug-likeness (QED) is 0.871. The largest absolute Gasteiger partial charge is 0.368 e. The van der Waals surface area contributed by atoms with Crippen molar-refractivity contribution in [3.05, 3.63) is 12.2 Å². The van der Waals surface area contributed by atoms with Crippen molar-refractivity contribution in [3.8, 4) is 0 Å². The van der Waals surface area contributed by atoms with Crippen LogP contribution in [0.1, 0.15) is 58.7 Å². The zero-order valence-electron chi connectivity index (χ0n) is 14.2. The van der Waals surface area contributed by atoms with Gasteiger partial charge in [-0.2, -0.15) is 4.98 Å². The second-order valence-electron chi connectivity index (χ2n) is 7.56. The van der Waals surface area contributed by atoms with Crippen LogP contribution in [-0.4, -0.2) is 28.8 Å². The molecule has 0 aliphatic heterocycles. The minimum atomic E-state index is -0.426. The Labute approximate surface area is 137 Å². The summed E-state index contributed by atoms with van der Waals surface area (Å²) < 4.78 is 10.8. The van der Waals surface area contributed by atoms with E-state index >= 15 is 0 Å². The molecule has 1 aromatic rings. The summed E-state index contributed by atoms with van der Waals surface area (Å²) in [5.41, 5.74) is -0.426. The molecular formula is C17H27N3O3. The van der Waals surface area contributed by atoms with Gasteiger partial charge in [0.15, 0.2) is 5.82 Å². The number of aromatic nitrogens is 2. The highest BCUT2D eigenvalue weighted by atomic mass is 16.5. The molecule has 1 N–H and O–H groups in total. The smallest absolute Gasteiger partial charge is 0.246 e. The fourth-order valence-corrected chi connectivity index (χ4v) is 3.70. The Morgan fingerprint density at radius 3 is 2.87 bits per heavy atom. The number of amides is 1. The minimum absolute atomic E-state index is 0.0898. The second kappa shape index (κ2) is 6.59. The number of nitrogens with one attached hydrogen (secondary N) is 1. The van der Waals surface area contributed by atoms with Gasteiger partial charge in [-0.3, -0.25) is 4.79 Å². The number of hydrogen-bond donors (Lipinski definition) is 1. The van der Waals surface area contributed by atoms with Crippen LogP contribution in [-0.2, 0) is 15.1 Å². The topological polar surface area (TPSA) is 77.2 Å². The Morgan fingerprint density at radius 2 is 2.26 bits per heavy atom. The first-order valence-corrected chi connectivity index (χ1v) is 8.69. The van der Waals surface area contributed by atoms with Crippen molar-refractivity contribution in [3.63, 3.8) is 0 Å². The van der Waals surface area contributed by atoms with Crippen molar-refractivity contribution in [2.45, 2.75) is 64.5 Å². The Hall–Kier alpha value is -1.43. The summed E-state index contributed by atoms with van der Waals surface area (Å²) in [5, 5.41) is 6.87. The van der Waals surface area contributed by atoms with E-state index in [1.165, 1.54) is 19.2 Å². The highest BCUT2D eigenvalue weighted by Gasteiger charge is 2.49. The lowest BCUT2D eigenvalue weighted by molar-refractivity contribution is -0.132. The molecule has 23 heavy (non-hydrogen) atoms. The summed E-state index contributed by atoms with van der Waals surface area (Å²) in [7, 11) is 0. The number of rotatable bonds is 6. The van der Waals surface area contributed by atoms with E-state index in [-0.39, 0.29) is 18.6 Å². The molecule has 0 radical (unpaired) electrons. The molecule has 6 nitrogen and oxygen atoms in total. The Bertz CT molecular complexity index is 525. The third kappa shape index (κ3) is 3.74. The zero-order valence-corrected chi connectivity index (χ0v) is 14.2. The molecule has 0 spiro atoms. The molecule has 2 aliphatic rings. The van der Waals surface area contributed by atoms with Crippen LogP contribution in [0.4, 0.5) is 0 Å². The summed E-state index contributed by atoms with van der Waals surface area (Å²) in [6.45, 7) is 6.86. The summed E-state index contributed by atoms with van der Waals surface area (Å²) >= 11 is 0. The van der Waals surface area contributed by atoms with Crippen molar-refractivity contribution in [2.24, 2.45) is 17.8 Å². The molecular weight excluding hydrogens is 294 g/mol. The van der Waals surface area contributed by atoms with Gasteiger partial charge in [0.2, 0.25) is 12.3 Å². The lowest BCUT2D eigenvalue weighted by Crippen LogP contribution is -2.41. The molecule has 2 fully saturated rings. The van der Waals surface area contributed by atoms with Gasteiger partial charge in [0, 0.05) is 0 Å². The highest BCUT2D eigenvalue weighted by Crippen LogP contribution is 2.43. The Balaban J connectivity index is 1.52. The molecule has 0 bridgehead atoms. The predicted molar refractivity (Wildman–Crippen MR) is 84.4 cm³/mol. The molecule has 3 atom stereocenters. The predicted octanol–water partition coefficient (Wildman–Crippen LogP) is 2.65. The zero-order chi connectivity index (χ0) is 16.4. The fraction of sp³-hybridized carbons (Fsp3) is 0.824. The number of ether oxygens (including phenoxy) is 1. The second-order valence-corrected chi connectivity index (χ2v) is 7.56. The summed E-state index contributed by atoms with van der Waals surface area (Å²) in [6.07, 6.45) is 6.69. The van der Waals surface area contributed by atoms with Crippen LogP contribution in [0, 0.1) is 17.8 Å². The molecule has 2 aliphatic carbocycles. The lowest BCUT2D eigenvalue weighted by atomic mass is 9.75. The first kappa shape index (κ1) is 16.4.